The number of aromatic nitrogens is 2. The van der Waals surface area contributed by atoms with Gasteiger partial charge in [0.05, 0.1) is 12.1 Å². The third-order valence-corrected chi connectivity index (χ3v) is 4.32. The molecular weight excluding hydrogens is 393 g/mol. The van der Waals surface area contributed by atoms with Gasteiger partial charge in [0, 0.05) is 22.5 Å². The number of aryl methyl sites for hydroxylation is 1. The molecule has 1 heterocycles. The summed E-state index contributed by atoms with van der Waals surface area (Å²) in [5, 5.41) is 9.78. The zero-order valence-electron chi connectivity index (χ0n) is 14.7. The predicted molar refractivity (Wildman–Crippen MR) is 102 cm³/mol. The zero-order chi connectivity index (χ0) is 20.3. The van der Waals surface area contributed by atoms with Gasteiger partial charge >= 0.3 is 12.2 Å². The lowest BCUT2D eigenvalue weighted by molar-refractivity contribution is -0.137. The molecule has 1 aromatic heterocycles. The van der Waals surface area contributed by atoms with Gasteiger partial charge in [-0.25, -0.2) is 4.79 Å². The van der Waals surface area contributed by atoms with Crippen molar-refractivity contribution in [2.45, 2.75) is 19.6 Å². The monoisotopic (exact) mass is 408 g/mol. The van der Waals surface area contributed by atoms with Crippen LogP contribution in [-0.4, -0.2) is 15.8 Å². The average molecular weight is 409 g/mol. The maximum Gasteiger partial charge on any atom is 0.416 e. The number of nitrogens with one attached hydrogen (secondary N) is 2. The fraction of sp³-hybridized carbons (Fsp3) is 0.158. The summed E-state index contributed by atoms with van der Waals surface area (Å²) in [4.78, 5) is 12.1. The SMILES string of the molecule is Cc1cc(NC(=O)Nc2cccc(C(F)(F)F)c2)nn1Cc1ccccc1Cl. The van der Waals surface area contributed by atoms with Crippen molar-refractivity contribution in [1.29, 1.82) is 0 Å². The van der Waals surface area contributed by atoms with Crippen LogP contribution in [0.3, 0.4) is 0 Å². The molecule has 28 heavy (non-hydrogen) atoms. The van der Waals surface area contributed by atoms with Gasteiger partial charge in [0.1, 0.15) is 0 Å². The minimum absolute atomic E-state index is 0.0274. The van der Waals surface area contributed by atoms with Crippen LogP contribution in [0.2, 0.25) is 5.02 Å². The highest BCUT2D eigenvalue weighted by molar-refractivity contribution is 6.31. The van der Waals surface area contributed by atoms with Gasteiger partial charge in [0.2, 0.25) is 0 Å². The Morgan fingerprint density at radius 1 is 1.11 bits per heavy atom. The number of urea groups is 1. The fourth-order valence-corrected chi connectivity index (χ4v) is 2.77. The molecule has 0 saturated carbocycles. The first kappa shape index (κ1) is 19.8. The molecule has 0 aliphatic carbocycles. The number of anilines is 2. The second-order valence-electron chi connectivity index (χ2n) is 6.08. The van der Waals surface area contributed by atoms with E-state index < -0.39 is 17.8 Å². The molecule has 2 aromatic carbocycles. The van der Waals surface area contributed by atoms with E-state index in [4.69, 9.17) is 11.6 Å². The Morgan fingerprint density at radius 2 is 1.86 bits per heavy atom. The molecule has 2 N–H and O–H groups in total. The van der Waals surface area contributed by atoms with Crippen molar-refractivity contribution in [1.82, 2.24) is 9.78 Å². The van der Waals surface area contributed by atoms with E-state index in [9.17, 15) is 18.0 Å². The minimum atomic E-state index is -4.48. The lowest BCUT2D eigenvalue weighted by atomic mass is 10.2. The van der Waals surface area contributed by atoms with Crippen molar-refractivity contribution >= 4 is 29.1 Å². The van der Waals surface area contributed by atoms with Gasteiger partial charge in [-0.05, 0) is 36.8 Å². The standard InChI is InChI=1S/C19H16ClF3N4O/c1-12-9-17(26-27(12)11-13-5-2-3-8-16(13)20)25-18(28)24-15-7-4-6-14(10-15)19(21,22)23/h2-10H,11H2,1H3,(H2,24,25,26,28). The van der Waals surface area contributed by atoms with Crippen LogP contribution in [-0.2, 0) is 12.7 Å². The molecular formula is C19H16ClF3N4O. The number of hydrogen-bond donors (Lipinski definition) is 2. The van der Waals surface area contributed by atoms with Crippen molar-refractivity contribution in [3.63, 3.8) is 0 Å². The lowest BCUT2D eigenvalue weighted by Crippen LogP contribution is -2.20. The maximum atomic E-state index is 12.8. The number of carbonyl (C=O) groups excluding carboxylic acids is 1. The Bertz CT molecular complexity index is 1000. The molecule has 2 amide bonds. The molecule has 0 bridgehead atoms. The number of rotatable bonds is 4. The summed E-state index contributed by atoms with van der Waals surface area (Å²) < 4.78 is 39.9. The van der Waals surface area contributed by atoms with Crippen molar-refractivity contribution < 1.29 is 18.0 Å². The van der Waals surface area contributed by atoms with E-state index in [1.54, 1.807) is 16.8 Å². The van der Waals surface area contributed by atoms with Crippen LogP contribution in [0.25, 0.3) is 0 Å². The van der Waals surface area contributed by atoms with Gasteiger partial charge in [-0.2, -0.15) is 18.3 Å². The summed E-state index contributed by atoms with van der Waals surface area (Å²) in [6.45, 7) is 2.24. The summed E-state index contributed by atoms with van der Waals surface area (Å²) >= 11 is 6.15. The Hall–Kier alpha value is -3.00. The summed E-state index contributed by atoms with van der Waals surface area (Å²) in [6, 6.07) is 12.7. The highest BCUT2D eigenvalue weighted by atomic mass is 35.5. The molecule has 146 valence electrons. The summed E-state index contributed by atoms with van der Waals surface area (Å²) in [7, 11) is 0. The maximum absolute atomic E-state index is 12.8. The molecule has 0 radical (unpaired) electrons. The minimum Gasteiger partial charge on any atom is -0.308 e. The van der Waals surface area contributed by atoms with Gasteiger partial charge in [-0.3, -0.25) is 10.00 Å². The van der Waals surface area contributed by atoms with Crippen LogP contribution in [0.4, 0.5) is 29.5 Å². The molecule has 0 atom stereocenters. The summed E-state index contributed by atoms with van der Waals surface area (Å²) in [5.74, 6) is 0.272. The highest BCUT2D eigenvalue weighted by Crippen LogP contribution is 2.30. The van der Waals surface area contributed by atoms with Gasteiger partial charge in [-0.15, -0.1) is 0 Å². The highest BCUT2D eigenvalue weighted by Gasteiger charge is 2.30. The van der Waals surface area contributed by atoms with Crippen LogP contribution in [0.15, 0.2) is 54.6 Å². The second-order valence-corrected chi connectivity index (χ2v) is 6.48. The quantitative estimate of drug-likeness (QED) is 0.594. The molecule has 0 spiro atoms. The molecule has 3 aromatic rings. The Morgan fingerprint density at radius 3 is 2.57 bits per heavy atom. The number of nitrogens with zero attached hydrogens (tertiary/aromatic N) is 2. The van der Waals surface area contributed by atoms with Crippen molar-refractivity contribution in [3.8, 4) is 0 Å². The van der Waals surface area contributed by atoms with Crippen molar-refractivity contribution in [3.05, 3.63) is 76.4 Å². The molecule has 5 nitrogen and oxygen atoms in total. The molecule has 0 fully saturated rings. The van der Waals surface area contributed by atoms with E-state index in [1.165, 1.54) is 12.1 Å². The average Bonchev–Trinajstić information content (AvgIpc) is 2.95. The number of benzene rings is 2. The lowest BCUT2D eigenvalue weighted by Gasteiger charge is -2.10. The van der Waals surface area contributed by atoms with Crippen LogP contribution in [0.5, 0.6) is 0 Å². The van der Waals surface area contributed by atoms with E-state index in [0.717, 1.165) is 23.4 Å². The number of amides is 2. The molecule has 0 unspecified atom stereocenters. The summed E-state index contributed by atoms with van der Waals surface area (Å²) in [5.41, 5.74) is 0.842. The Kier molecular flexibility index (Phi) is 5.60. The Labute approximate surface area is 164 Å². The first-order chi connectivity index (χ1) is 13.2. The van der Waals surface area contributed by atoms with E-state index in [2.05, 4.69) is 15.7 Å². The molecule has 0 aliphatic rings. The van der Waals surface area contributed by atoms with E-state index in [1.807, 2.05) is 25.1 Å². The smallest absolute Gasteiger partial charge is 0.308 e. The number of hydrogen-bond acceptors (Lipinski definition) is 2. The third kappa shape index (κ3) is 4.83. The van der Waals surface area contributed by atoms with E-state index >= 15 is 0 Å². The molecule has 0 aliphatic heterocycles. The summed E-state index contributed by atoms with van der Waals surface area (Å²) in [6.07, 6.45) is -4.48. The van der Waals surface area contributed by atoms with Crippen LogP contribution in [0, 0.1) is 6.92 Å². The van der Waals surface area contributed by atoms with E-state index in [-0.39, 0.29) is 11.5 Å². The van der Waals surface area contributed by atoms with Crippen molar-refractivity contribution in [2.24, 2.45) is 0 Å². The zero-order valence-corrected chi connectivity index (χ0v) is 15.5. The van der Waals surface area contributed by atoms with Crippen LogP contribution in [0.1, 0.15) is 16.8 Å². The third-order valence-electron chi connectivity index (χ3n) is 3.95. The first-order valence-electron chi connectivity index (χ1n) is 8.25. The topological polar surface area (TPSA) is 59.0 Å². The first-order valence-corrected chi connectivity index (χ1v) is 8.63. The van der Waals surface area contributed by atoms with Gasteiger partial charge in [-0.1, -0.05) is 35.9 Å². The van der Waals surface area contributed by atoms with Gasteiger partial charge in [0.25, 0.3) is 0 Å². The van der Waals surface area contributed by atoms with Crippen LogP contribution >= 0.6 is 11.6 Å². The number of halogens is 4. The van der Waals surface area contributed by atoms with Gasteiger partial charge < -0.3 is 5.32 Å². The molecule has 9 heteroatoms. The van der Waals surface area contributed by atoms with Crippen LogP contribution < -0.4 is 10.6 Å². The fourth-order valence-electron chi connectivity index (χ4n) is 2.57. The second kappa shape index (κ2) is 7.93. The largest absolute Gasteiger partial charge is 0.416 e. The number of alkyl halides is 3. The van der Waals surface area contributed by atoms with E-state index in [0.29, 0.717) is 11.6 Å². The Balaban J connectivity index is 1.68. The predicted octanol–water partition coefficient (Wildman–Crippen LogP) is 5.56. The number of carbonyl (C=O) groups is 1. The molecule has 0 saturated heterocycles. The van der Waals surface area contributed by atoms with Gasteiger partial charge in [0.15, 0.2) is 5.82 Å². The molecule has 3 rings (SSSR count). The normalized spacial score (nSPS) is 11.3. The van der Waals surface area contributed by atoms with Crippen molar-refractivity contribution in [2.75, 3.05) is 10.6 Å².